The zero-order valence-electron chi connectivity index (χ0n) is 10.6. The summed E-state index contributed by atoms with van der Waals surface area (Å²) in [5.41, 5.74) is 2.08. The minimum absolute atomic E-state index is 0.402. The number of aromatic nitrogens is 2. The molecular weight excluding hydrogens is 240 g/mol. The zero-order valence-corrected chi connectivity index (χ0v) is 10.6. The van der Waals surface area contributed by atoms with Crippen molar-refractivity contribution in [1.82, 2.24) is 9.97 Å². The maximum absolute atomic E-state index is 5.67. The molecule has 0 spiro atoms. The van der Waals surface area contributed by atoms with Crippen LogP contribution >= 0.6 is 0 Å². The molecule has 0 amide bonds. The highest BCUT2D eigenvalue weighted by molar-refractivity contribution is 5.97. The molecule has 0 bridgehead atoms. The molecule has 0 saturated carbocycles. The monoisotopic (exact) mass is 254 g/mol. The van der Waals surface area contributed by atoms with Crippen molar-refractivity contribution in [2.45, 2.75) is 13.5 Å². The standard InChI is InChI=1S/C14H14N4O/c1-10-2-4-11(5-3-10)19-9-13-17-8-12-14(18-13)16-7-6-15-12/h2-7H,8-9H2,1H3,(H,16,17,18). The van der Waals surface area contributed by atoms with E-state index in [4.69, 9.17) is 4.74 Å². The van der Waals surface area contributed by atoms with Gasteiger partial charge in [0.2, 0.25) is 0 Å². The van der Waals surface area contributed by atoms with Gasteiger partial charge < -0.3 is 10.1 Å². The van der Waals surface area contributed by atoms with Gasteiger partial charge in [0.25, 0.3) is 0 Å². The quantitative estimate of drug-likeness (QED) is 0.912. The molecule has 1 aromatic carbocycles. The highest BCUT2D eigenvalue weighted by Gasteiger charge is 2.13. The molecule has 19 heavy (non-hydrogen) atoms. The van der Waals surface area contributed by atoms with Gasteiger partial charge in [-0.2, -0.15) is 0 Å². The number of fused-ring (bicyclic) bond motifs is 1. The number of anilines is 1. The molecule has 5 heteroatoms. The topological polar surface area (TPSA) is 59.4 Å². The van der Waals surface area contributed by atoms with Crippen LogP contribution in [0.4, 0.5) is 5.82 Å². The summed E-state index contributed by atoms with van der Waals surface area (Å²) in [4.78, 5) is 12.8. The molecule has 0 radical (unpaired) electrons. The number of aliphatic imine (C=N–C) groups is 1. The summed E-state index contributed by atoms with van der Waals surface area (Å²) in [7, 11) is 0. The largest absolute Gasteiger partial charge is 0.486 e. The lowest BCUT2D eigenvalue weighted by atomic mass is 10.2. The van der Waals surface area contributed by atoms with Gasteiger partial charge in [-0.05, 0) is 19.1 Å². The third kappa shape index (κ3) is 2.70. The molecule has 0 atom stereocenters. The van der Waals surface area contributed by atoms with Crippen LogP contribution in [0, 0.1) is 6.92 Å². The molecule has 5 nitrogen and oxygen atoms in total. The first kappa shape index (κ1) is 11.6. The van der Waals surface area contributed by atoms with E-state index in [1.807, 2.05) is 31.2 Å². The van der Waals surface area contributed by atoms with Gasteiger partial charge in [-0.3, -0.25) is 9.98 Å². The number of amidine groups is 1. The highest BCUT2D eigenvalue weighted by atomic mass is 16.5. The number of nitrogens with zero attached hydrogens (tertiary/aromatic N) is 3. The van der Waals surface area contributed by atoms with Gasteiger partial charge in [0.1, 0.15) is 23.9 Å². The van der Waals surface area contributed by atoms with Gasteiger partial charge in [-0.25, -0.2) is 4.98 Å². The molecule has 3 rings (SSSR count). The van der Waals surface area contributed by atoms with Gasteiger partial charge in [0.15, 0.2) is 5.82 Å². The summed E-state index contributed by atoms with van der Waals surface area (Å²) in [5.74, 6) is 2.37. The Bertz CT molecular complexity index is 607. The van der Waals surface area contributed by atoms with Crippen LogP contribution in [0.25, 0.3) is 0 Å². The molecule has 0 unspecified atom stereocenters. The third-order valence-electron chi connectivity index (χ3n) is 2.85. The molecule has 1 aliphatic heterocycles. The summed E-state index contributed by atoms with van der Waals surface area (Å²) in [6.45, 7) is 2.99. The smallest absolute Gasteiger partial charge is 0.155 e. The normalized spacial score (nSPS) is 13.2. The second kappa shape index (κ2) is 5.06. The van der Waals surface area contributed by atoms with Crippen molar-refractivity contribution >= 4 is 11.7 Å². The van der Waals surface area contributed by atoms with Crippen molar-refractivity contribution < 1.29 is 4.74 Å². The molecule has 0 saturated heterocycles. The second-order valence-corrected chi connectivity index (χ2v) is 4.34. The Labute approximate surface area is 111 Å². The first-order valence-corrected chi connectivity index (χ1v) is 6.11. The molecule has 2 aromatic rings. The molecule has 1 aromatic heterocycles. The fraction of sp³-hybridized carbons (Fsp3) is 0.214. The van der Waals surface area contributed by atoms with E-state index in [1.165, 1.54) is 5.56 Å². The fourth-order valence-electron chi connectivity index (χ4n) is 1.80. The number of hydrogen-bond donors (Lipinski definition) is 1. The van der Waals surface area contributed by atoms with E-state index < -0.39 is 0 Å². The molecule has 0 fully saturated rings. The van der Waals surface area contributed by atoms with Crippen LogP contribution in [-0.2, 0) is 6.54 Å². The minimum atomic E-state index is 0.402. The van der Waals surface area contributed by atoms with Crippen molar-refractivity contribution in [1.29, 1.82) is 0 Å². The lowest BCUT2D eigenvalue weighted by Gasteiger charge is -2.16. The van der Waals surface area contributed by atoms with Crippen molar-refractivity contribution in [3.63, 3.8) is 0 Å². The van der Waals surface area contributed by atoms with E-state index >= 15 is 0 Å². The summed E-state index contributed by atoms with van der Waals surface area (Å²) in [6, 6.07) is 7.94. The molecule has 96 valence electrons. The van der Waals surface area contributed by atoms with E-state index in [-0.39, 0.29) is 0 Å². The fourth-order valence-corrected chi connectivity index (χ4v) is 1.80. The third-order valence-corrected chi connectivity index (χ3v) is 2.85. The van der Waals surface area contributed by atoms with E-state index in [0.717, 1.165) is 23.1 Å². The lowest BCUT2D eigenvalue weighted by molar-refractivity contribution is 0.375. The Kier molecular flexibility index (Phi) is 3.10. The molecule has 0 aliphatic carbocycles. The second-order valence-electron chi connectivity index (χ2n) is 4.34. The van der Waals surface area contributed by atoms with E-state index in [2.05, 4.69) is 20.3 Å². The van der Waals surface area contributed by atoms with E-state index in [1.54, 1.807) is 12.4 Å². The van der Waals surface area contributed by atoms with E-state index in [9.17, 15) is 0 Å². The Morgan fingerprint density at radius 3 is 2.79 bits per heavy atom. The predicted octanol–water partition coefficient (Wildman–Crippen LogP) is 2.19. The summed E-state index contributed by atoms with van der Waals surface area (Å²) in [6.07, 6.45) is 3.33. The first-order chi connectivity index (χ1) is 9.31. The molecule has 2 heterocycles. The van der Waals surface area contributed by atoms with Crippen LogP contribution in [0.15, 0.2) is 41.7 Å². The van der Waals surface area contributed by atoms with Gasteiger partial charge >= 0.3 is 0 Å². The number of benzene rings is 1. The van der Waals surface area contributed by atoms with Crippen molar-refractivity contribution in [3.8, 4) is 5.75 Å². The van der Waals surface area contributed by atoms with Crippen LogP contribution in [0.2, 0.25) is 0 Å². The van der Waals surface area contributed by atoms with Gasteiger partial charge in [-0.1, -0.05) is 17.7 Å². The lowest BCUT2D eigenvalue weighted by Crippen LogP contribution is -2.25. The maximum Gasteiger partial charge on any atom is 0.155 e. The number of rotatable bonds is 3. The Morgan fingerprint density at radius 1 is 1.16 bits per heavy atom. The van der Waals surface area contributed by atoms with Gasteiger partial charge in [-0.15, -0.1) is 0 Å². The number of ether oxygens (including phenoxy) is 1. The average molecular weight is 254 g/mol. The summed E-state index contributed by atoms with van der Waals surface area (Å²) >= 11 is 0. The van der Waals surface area contributed by atoms with Crippen molar-refractivity contribution in [3.05, 3.63) is 47.9 Å². The Morgan fingerprint density at radius 2 is 1.95 bits per heavy atom. The number of aryl methyl sites for hydroxylation is 1. The van der Waals surface area contributed by atoms with Crippen LogP contribution in [0.1, 0.15) is 11.3 Å². The van der Waals surface area contributed by atoms with Crippen LogP contribution in [0.5, 0.6) is 5.75 Å². The van der Waals surface area contributed by atoms with Crippen molar-refractivity contribution in [2.75, 3.05) is 11.9 Å². The molecule has 1 aliphatic rings. The maximum atomic E-state index is 5.67. The van der Waals surface area contributed by atoms with Gasteiger partial charge in [0, 0.05) is 12.4 Å². The SMILES string of the molecule is Cc1ccc(OCC2=NCc3nccnc3N2)cc1. The molecular formula is C14H14N4O. The van der Waals surface area contributed by atoms with Crippen LogP contribution in [0.3, 0.4) is 0 Å². The summed E-state index contributed by atoms with van der Waals surface area (Å²) < 4.78 is 5.67. The van der Waals surface area contributed by atoms with Crippen LogP contribution < -0.4 is 10.1 Å². The van der Waals surface area contributed by atoms with Gasteiger partial charge in [0.05, 0.1) is 6.54 Å². The van der Waals surface area contributed by atoms with Crippen LogP contribution in [-0.4, -0.2) is 22.4 Å². The van der Waals surface area contributed by atoms with Crippen molar-refractivity contribution in [2.24, 2.45) is 4.99 Å². The predicted molar refractivity (Wildman–Crippen MR) is 73.5 cm³/mol. The molecule has 1 N–H and O–H groups in total. The Hall–Kier alpha value is -2.43. The number of nitrogens with one attached hydrogen (secondary N) is 1. The Balaban J connectivity index is 1.63. The van der Waals surface area contributed by atoms with E-state index in [0.29, 0.717) is 13.2 Å². The zero-order chi connectivity index (χ0) is 13.1. The minimum Gasteiger partial charge on any atom is -0.486 e. The first-order valence-electron chi connectivity index (χ1n) is 6.11. The average Bonchev–Trinajstić information content (AvgIpc) is 2.46. The summed E-state index contributed by atoms with van der Waals surface area (Å²) in [5, 5.41) is 3.13. The highest BCUT2D eigenvalue weighted by Crippen LogP contribution is 2.15. The number of hydrogen-bond acceptors (Lipinski definition) is 5.